The summed E-state index contributed by atoms with van der Waals surface area (Å²) in [5.74, 6) is 0.370. The van der Waals surface area contributed by atoms with Gasteiger partial charge in [0.15, 0.2) is 0 Å². The van der Waals surface area contributed by atoms with Crippen LogP contribution in [0.3, 0.4) is 0 Å². The van der Waals surface area contributed by atoms with Gasteiger partial charge >= 0.3 is 0 Å². The van der Waals surface area contributed by atoms with E-state index in [0.29, 0.717) is 23.0 Å². The smallest absolute Gasteiger partial charge is 0.269 e. The summed E-state index contributed by atoms with van der Waals surface area (Å²) in [7, 11) is 1.77. The van der Waals surface area contributed by atoms with Crippen LogP contribution in [0.4, 0.5) is 11.6 Å². The number of carbonyl (C=O) groups excluding carboxylic acids is 1. The first-order valence-corrected chi connectivity index (χ1v) is 10.2. The van der Waals surface area contributed by atoms with Crippen molar-refractivity contribution in [2.75, 3.05) is 18.4 Å². The summed E-state index contributed by atoms with van der Waals surface area (Å²) in [6, 6.07) is 9.93. The predicted octanol–water partition coefficient (Wildman–Crippen LogP) is 3.14. The minimum atomic E-state index is -0.118. The lowest BCUT2D eigenvalue weighted by Gasteiger charge is -2.23. The molecule has 9 heteroatoms. The van der Waals surface area contributed by atoms with Gasteiger partial charge in [-0.3, -0.25) is 9.48 Å². The average molecular weight is 442 g/mol. The van der Waals surface area contributed by atoms with Crippen LogP contribution in [0.5, 0.6) is 0 Å². The highest BCUT2D eigenvalue weighted by Gasteiger charge is 2.20. The number of anilines is 2. The maximum absolute atomic E-state index is 12.7. The van der Waals surface area contributed by atoms with Gasteiger partial charge < -0.3 is 16.0 Å². The number of halogens is 1. The number of benzene rings is 1. The van der Waals surface area contributed by atoms with E-state index in [9.17, 15) is 4.79 Å². The molecule has 2 aromatic heterocycles. The van der Waals surface area contributed by atoms with Gasteiger partial charge in [-0.2, -0.15) is 5.10 Å². The van der Waals surface area contributed by atoms with Crippen molar-refractivity contribution in [1.82, 2.24) is 30.4 Å². The number of amides is 1. The van der Waals surface area contributed by atoms with Crippen molar-refractivity contribution in [2.45, 2.75) is 32.7 Å². The Balaban J connectivity index is 0.00000272. The Labute approximate surface area is 188 Å². The molecule has 0 aliphatic carbocycles. The first-order valence-electron chi connectivity index (χ1n) is 10.2. The predicted molar refractivity (Wildman–Crippen MR) is 124 cm³/mol. The first kappa shape index (κ1) is 22.7. The second-order valence-corrected chi connectivity index (χ2v) is 7.82. The molecule has 0 radical (unpaired) electrons. The molecule has 8 nitrogen and oxygen atoms in total. The van der Waals surface area contributed by atoms with Gasteiger partial charge in [0.2, 0.25) is 5.95 Å². The number of aryl methyl sites for hydroxylation is 3. The maximum atomic E-state index is 12.7. The summed E-state index contributed by atoms with van der Waals surface area (Å²) >= 11 is 0. The third-order valence-corrected chi connectivity index (χ3v) is 5.14. The van der Waals surface area contributed by atoms with Gasteiger partial charge in [0.1, 0.15) is 11.4 Å². The van der Waals surface area contributed by atoms with Crippen LogP contribution < -0.4 is 16.0 Å². The lowest BCUT2D eigenvalue weighted by Crippen LogP contribution is -2.46. The Morgan fingerprint density at radius 2 is 1.94 bits per heavy atom. The molecule has 1 aliphatic rings. The number of piperidine rings is 1. The molecule has 3 aromatic rings. The normalized spacial score (nSPS) is 15.8. The van der Waals surface area contributed by atoms with Crippen molar-refractivity contribution in [1.29, 1.82) is 0 Å². The number of hydrogen-bond donors (Lipinski definition) is 3. The highest BCUT2D eigenvalue weighted by molar-refractivity contribution is 5.93. The van der Waals surface area contributed by atoms with E-state index in [2.05, 4.69) is 50.9 Å². The van der Waals surface area contributed by atoms with Gasteiger partial charge in [-0.25, -0.2) is 9.97 Å². The fraction of sp³-hybridized carbons (Fsp3) is 0.364. The first-order chi connectivity index (χ1) is 14.5. The molecule has 1 aromatic carbocycles. The quantitative estimate of drug-likeness (QED) is 0.562. The van der Waals surface area contributed by atoms with Crippen LogP contribution in [0.2, 0.25) is 0 Å². The summed E-state index contributed by atoms with van der Waals surface area (Å²) in [6.07, 6.45) is 3.75. The largest absolute Gasteiger partial charge is 0.347 e. The summed E-state index contributed by atoms with van der Waals surface area (Å²) in [5, 5.41) is 14.1. The standard InChI is InChI=1S/C22H27N7O.ClH/c1-14-9-15(2)11-17(10-14)26-22-24-8-6-18(27-22)19-12-20(29(3)28-19)21(30)25-16-5-4-7-23-13-16;/h6,8-12,16,23H,4-5,7,13H2,1-3H3,(H,25,30)(H,24,26,27);1H/t16-;/m1./s1. The van der Waals surface area contributed by atoms with Crippen LogP contribution in [-0.4, -0.2) is 44.8 Å². The number of hydrogen-bond acceptors (Lipinski definition) is 6. The van der Waals surface area contributed by atoms with E-state index in [1.54, 1.807) is 30.1 Å². The molecule has 31 heavy (non-hydrogen) atoms. The number of nitrogens with zero attached hydrogens (tertiary/aromatic N) is 4. The Morgan fingerprint density at radius 1 is 1.16 bits per heavy atom. The van der Waals surface area contributed by atoms with Gasteiger partial charge in [0.05, 0.1) is 5.69 Å². The number of carbonyl (C=O) groups is 1. The van der Waals surface area contributed by atoms with E-state index in [4.69, 9.17) is 0 Å². The van der Waals surface area contributed by atoms with Crippen molar-refractivity contribution in [3.8, 4) is 11.4 Å². The van der Waals surface area contributed by atoms with Gasteiger partial charge in [-0.05, 0) is 68.6 Å². The molecule has 1 atom stereocenters. The monoisotopic (exact) mass is 441 g/mol. The minimum Gasteiger partial charge on any atom is -0.347 e. The molecular weight excluding hydrogens is 414 g/mol. The van der Waals surface area contributed by atoms with Crippen molar-refractivity contribution >= 4 is 29.9 Å². The van der Waals surface area contributed by atoms with E-state index in [0.717, 1.165) is 31.6 Å². The molecule has 3 N–H and O–H groups in total. The fourth-order valence-electron chi connectivity index (χ4n) is 3.78. The zero-order valence-corrected chi connectivity index (χ0v) is 18.8. The number of nitrogens with one attached hydrogen (secondary N) is 3. The summed E-state index contributed by atoms with van der Waals surface area (Å²) < 4.78 is 1.60. The van der Waals surface area contributed by atoms with Crippen LogP contribution in [0.25, 0.3) is 11.4 Å². The van der Waals surface area contributed by atoms with Crippen LogP contribution in [0.15, 0.2) is 36.5 Å². The van der Waals surface area contributed by atoms with Crippen molar-refractivity contribution in [2.24, 2.45) is 7.05 Å². The third kappa shape index (κ3) is 5.59. The van der Waals surface area contributed by atoms with Crippen molar-refractivity contribution in [3.63, 3.8) is 0 Å². The van der Waals surface area contributed by atoms with Gasteiger partial charge in [0, 0.05) is 31.5 Å². The number of aromatic nitrogens is 4. The number of rotatable bonds is 5. The second kappa shape index (κ2) is 9.89. The Bertz CT molecular complexity index is 1040. The van der Waals surface area contributed by atoms with Crippen LogP contribution in [0.1, 0.15) is 34.5 Å². The molecular formula is C22H28ClN7O. The highest BCUT2D eigenvalue weighted by Crippen LogP contribution is 2.21. The second-order valence-electron chi connectivity index (χ2n) is 7.82. The topological polar surface area (TPSA) is 96.8 Å². The zero-order valence-electron chi connectivity index (χ0n) is 18.0. The molecule has 4 rings (SSSR count). The van der Waals surface area contributed by atoms with Gasteiger partial charge in [-0.15, -0.1) is 12.4 Å². The molecule has 1 fully saturated rings. The summed E-state index contributed by atoms with van der Waals surface area (Å²) in [6.45, 7) is 5.92. The van der Waals surface area contributed by atoms with Crippen LogP contribution in [0, 0.1) is 13.8 Å². The third-order valence-electron chi connectivity index (χ3n) is 5.14. The average Bonchev–Trinajstić information content (AvgIpc) is 3.10. The Hall–Kier alpha value is -2.97. The highest BCUT2D eigenvalue weighted by atomic mass is 35.5. The molecule has 0 unspecified atom stereocenters. The van der Waals surface area contributed by atoms with Crippen molar-refractivity contribution < 1.29 is 4.79 Å². The summed E-state index contributed by atoms with van der Waals surface area (Å²) in [4.78, 5) is 21.6. The molecule has 1 saturated heterocycles. The zero-order chi connectivity index (χ0) is 21.1. The lowest BCUT2D eigenvalue weighted by atomic mass is 10.1. The molecule has 0 bridgehead atoms. The van der Waals surface area contributed by atoms with Gasteiger partial charge in [-0.1, -0.05) is 6.07 Å². The molecule has 164 valence electrons. The van der Waals surface area contributed by atoms with E-state index >= 15 is 0 Å². The van der Waals surface area contributed by atoms with Crippen LogP contribution in [-0.2, 0) is 7.05 Å². The molecule has 1 amide bonds. The molecule has 1 aliphatic heterocycles. The summed E-state index contributed by atoms with van der Waals surface area (Å²) in [5.41, 5.74) is 5.08. The Morgan fingerprint density at radius 3 is 2.65 bits per heavy atom. The SMILES string of the molecule is Cc1cc(C)cc(Nc2nccc(-c3cc(C(=O)N[C@@H]4CCCNC4)n(C)n3)n2)c1.Cl. The van der Waals surface area contributed by atoms with E-state index < -0.39 is 0 Å². The molecule has 0 saturated carbocycles. The van der Waals surface area contributed by atoms with Crippen molar-refractivity contribution in [3.05, 3.63) is 53.3 Å². The lowest BCUT2D eigenvalue weighted by molar-refractivity contribution is 0.0921. The molecule has 3 heterocycles. The van der Waals surface area contributed by atoms with E-state index in [1.165, 1.54) is 11.1 Å². The fourth-order valence-corrected chi connectivity index (χ4v) is 3.78. The van der Waals surface area contributed by atoms with Gasteiger partial charge in [0.25, 0.3) is 5.91 Å². The van der Waals surface area contributed by atoms with E-state index in [1.807, 2.05) is 12.1 Å². The Kier molecular flexibility index (Phi) is 7.25. The minimum absolute atomic E-state index is 0. The maximum Gasteiger partial charge on any atom is 0.269 e. The van der Waals surface area contributed by atoms with Crippen LogP contribution >= 0.6 is 12.4 Å². The molecule has 0 spiro atoms. The van der Waals surface area contributed by atoms with E-state index in [-0.39, 0.29) is 24.4 Å².